The average Bonchev–Trinajstić information content (AvgIpc) is 2.31. The number of β-amino-alcohol motifs (C(OH)–C–C–N with tert-alkyl or cyclic N) is 1. The van der Waals surface area contributed by atoms with E-state index >= 15 is 0 Å². The maximum atomic E-state index is 13.6. The number of aliphatic hydroxyl groups is 1. The van der Waals surface area contributed by atoms with Crippen molar-refractivity contribution in [2.75, 3.05) is 13.1 Å². The first-order chi connectivity index (χ1) is 8.24. The van der Waals surface area contributed by atoms with Gasteiger partial charge in [-0.1, -0.05) is 6.07 Å². The lowest BCUT2D eigenvalue weighted by molar-refractivity contribution is -0.00267. The number of hydrogen-bond donors (Lipinski definition) is 1. The fourth-order valence-corrected chi connectivity index (χ4v) is 2.24. The third-order valence-electron chi connectivity index (χ3n) is 3.13. The maximum absolute atomic E-state index is 13.6. The van der Waals surface area contributed by atoms with Gasteiger partial charge in [-0.2, -0.15) is 0 Å². The first-order valence-electron chi connectivity index (χ1n) is 5.66. The Morgan fingerprint density at radius 3 is 2.94 bits per heavy atom. The summed E-state index contributed by atoms with van der Waals surface area (Å²) < 4.78 is 13.6. The number of halogens is 1. The fourth-order valence-electron chi connectivity index (χ4n) is 2.24. The molecule has 0 amide bonds. The Balaban J connectivity index is 1.96. The van der Waals surface area contributed by atoms with E-state index in [2.05, 4.69) is 9.88 Å². The number of fused-ring (bicyclic) bond motifs is 1. The van der Waals surface area contributed by atoms with E-state index in [0.29, 0.717) is 30.5 Å². The van der Waals surface area contributed by atoms with Crippen molar-refractivity contribution in [3.05, 3.63) is 41.8 Å². The van der Waals surface area contributed by atoms with Gasteiger partial charge in [0.25, 0.3) is 0 Å². The Hall–Kier alpha value is -1.52. The molecule has 3 rings (SSSR count). The highest BCUT2D eigenvalue weighted by atomic mass is 19.1. The average molecular weight is 232 g/mol. The molecule has 0 bridgehead atoms. The Morgan fingerprint density at radius 2 is 2.18 bits per heavy atom. The third-order valence-corrected chi connectivity index (χ3v) is 3.13. The second kappa shape index (κ2) is 4.05. The van der Waals surface area contributed by atoms with Gasteiger partial charge in [0, 0.05) is 31.2 Å². The summed E-state index contributed by atoms with van der Waals surface area (Å²) in [6.45, 7) is 2.09. The van der Waals surface area contributed by atoms with Gasteiger partial charge >= 0.3 is 0 Å². The summed E-state index contributed by atoms with van der Waals surface area (Å²) >= 11 is 0. The van der Waals surface area contributed by atoms with Gasteiger partial charge in [-0.05, 0) is 23.8 Å². The zero-order valence-electron chi connectivity index (χ0n) is 9.31. The molecule has 0 aliphatic carbocycles. The SMILES string of the molecule is OC1CN(Cc2ccc(F)c3cccnc23)C1. The van der Waals surface area contributed by atoms with Crippen LogP contribution in [0.2, 0.25) is 0 Å². The first kappa shape index (κ1) is 10.6. The van der Waals surface area contributed by atoms with E-state index in [0.717, 1.165) is 5.56 Å². The number of aliphatic hydroxyl groups excluding tert-OH is 1. The molecule has 1 saturated heterocycles. The molecule has 1 aliphatic rings. The summed E-state index contributed by atoms with van der Waals surface area (Å²) in [5, 5.41) is 9.80. The van der Waals surface area contributed by atoms with Crippen LogP contribution in [-0.4, -0.2) is 34.2 Å². The van der Waals surface area contributed by atoms with Crippen LogP contribution in [0.5, 0.6) is 0 Å². The van der Waals surface area contributed by atoms with Crippen LogP contribution in [0.4, 0.5) is 4.39 Å². The third kappa shape index (κ3) is 1.90. The molecule has 1 aromatic heterocycles. The van der Waals surface area contributed by atoms with Crippen LogP contribution in [0.25, 0.3) is 10.9 Å². The van der Waals surface area contributed by atoms with Crippen LogP contribution in [0.3, 0.4) is 0 Å². The largest absolute Gasteiger partial charge is 0.390 e. The highest BCUT2D eigenvalue weighted by molar-refractivity contribution is 5.82. The summed E-state index contributed by atoms with van der Waals surface area (Å²) in [5.74, 6) is -0.236. The Labute approximate surface area is 98.5 Å². The first-order valence-corrected chi connectivity index (χ1v) is 5.66. The van der Waals surface area contributed by atoms with Crippen LogP contribution in [0.1, 0.15) is 5.56 Å². The lowest BCUT2D eigenvalue weighted by Crippen LogP contribution is -2.49. The molecule has 0 atom stereocenters. The molecule has 1 N–H and O–H groups in total. The van der Waals surface area contributed by atoms with Gasteiger partial charge in [0.2, 0.25) is 0 Å². The zero-order chi connectivity index (χ0) is 11.8. The van der Waals surface area contributed by atoms with E-state index in [1.165, 1.54) is 6.07 Å². The number of aromatic nitrogens is 1. The minimum atomic E-state index is -0.236. The minimum Gasteiger partial charge on any atom is -0.390 e. The molecular formula is C13H13FN2O. The fraction of sp³-hybridized carbons (Fsp3) is 0.308. The summed E-state index contributed by atoms with van der Waals surface area (Å²) in [4.78, 5) is 6.36. The summed E-state index contributed by atoms with van der Waals surface area (Å²) in [6, 6.07) is 6.74. The Bertz CT molecular complexity index is 552. The van der Waals surface area contributed by atoms with Crippen LogP contribution < -0.4 is 0 Å². The van der Waals surface area contributed by atoms with E-state index < -0.39 is 0 Å². The second-order valence-electron chi connectivity index (χ2n) is 4.45. The molecule has 1 fully saturated rings. The van der Waals surface area contributed by atoms with E-state index in [1.54, 1.807) is 24.4 Å². The highest BCUT2D eigenvalue weighted by Crippen LogP contribution is 2.22. The quantitative estimate of drug-likeness (QED) is 0.853. The highest BCUT2D eigenvalue weighted by Gasteiger charge is 2.24. The van der Waals surface area contributed by atoms with Gasteiger partial charge in [-0.15, -0.1) is 0 Å². The second-order valence-corrected chi connectivity index (χ2v) is 4.45. The molecule has 88 valence electrons. The Kier molecular flexibility index (Phi) is 2.53. The topological polar surface area (TPSA) is 36.4 Å². The molecule has 4 heteroatoms. The van der Waals surface area contributed by atoms with Crippen LogP contribution in [0, 0.1) is 5.82 Å². The number of rotatable bonds is 2. The molecule has 0 radical (unpaired) electrons. The molecule has 2 heterocycles. The molecule has 0 spiro atoms. The monoisotopic (exact) mass is 232 g/mol. The predicted octanol–water partition coefficient (Wildman–Crippen LogP) is 1.55. The van der Waals surface area contributed by atoms with Crippen LogP contribution >= 0.6 is 0 Å². The smallest absolute Gasteiger partial charge is 0.132 e. The van der Waals surface area contributed by atoms with Crippen molar-refractivity contribution in [2.45, 2.75) is 12.6 Å². The van der Waals surface area contributed by atoms with E-state index in [9.17, 15) is 9.50 Å². The summed E-state index contributed by atoms with van der Waals surface area (Å²) in [6.07, 6.45) is 1.46. The lowest BCUT2D eigenvalue weighted by atomic mass is 10.1. The van der Waals surface area contributed by atoms with E-state index in [1.807, 2.05) is 0 Å². The summed E-state index contributed by atoms with van der Waals surface area (Å²) in [5.41, 5.74) is 1.72. The van der Waals surface area contributed by atoms with Crippen molar-refractivity contribution in [3.8, 4) is 0 Å². The molecule has 1 aliphatic heterocycles. The number of benzene rings is 1. The zero-order valence-corrected chi connectivity index (χ0v) is 9.31. The molecule has 0 unspecified atom stereocenters. The number of hydrogen-bond acceptors (Lipinski definition) is 3. The minimum absolute atomic E-state index is 0.213. The van der Waals surface area contributed by atoms with Crippen LogP contribution in [-0.2, 0) is 6.54 Å². The van der Waals surface area contributed by atoms with Gasteiger partial charge in [-0.25, -0.2) is 4.39 Å². The van der Waals surface area contributed by atoms with Gasteiger partial charge in [-0.3, -0.25) is 9.88 Å². The molecule has 0 saturated carbocycles. The molecule has 17 heavy (non-hydrogen) atoms. The van der Waals surface area contributed by atoms with Crippen molar-refractivity contribution in [2.24, 2.45) is 0 Å². The Morgan fingerprint density at radius 1 is 1.35 bits per heavy atom. The van der Waals surface area contributed by atoms with Gasteiger partial charge in [0.1, 0.15) is 5.82 Å². The number of likely N-dealkylation sites (tertiary alicyclic amines) is 1. The van der Waals surface area contributed by atoms with E-state index in [-0.39, 0.29) is 11.9 Å². The van der Waals surface area contributed by atoms with E-state index in [4.69, 9.17) is 0 Å². The molecule has 3 nitrogen and oxygen atoms in total. The van der Waals surface area contributed by atoms with Crippen molar-refractivity contribution < 1.29 is 9.50 Å². The predicted molar refractivity (Wildman–Crippen MR) is 63.0 cm³/mol. The number of pyridine rings is 1. The standard InChI is InChI=1S/C13H13FN2O/c14-12-4-3-9(6-16-7-10(17)8-16)13-11(12)2-1-5-15-13/h1-5,10,17H,6-8H2. The molecular weight excluding hydrogens is 219 g/mol. The normalized spacial score (nSPS) is 17.3. The van der Waals surface area contributed by atoms with Crippen molar-refractivity contribution in [3.63, 3.8) is 0 Å². The van der Waals surface area contributed by atoms with Gasteiger partial charge in [0.05, 0.1) is 11.6 Å². The van der Waals surface area contributed by atoms with Crippen molar-refractivity contribution >= 4 is 10.9 Å². The van der Waals surface area contributed by atoms with Gasteiger partial charge in [0.15, 0.2) is 0 Å². The van der Waals surface area contributed by atoms with Gasteiger partial charge < -0.3 is 5.11 Å². The van der Waals surface area contributed by atoms with Crippen molar-refractivity contribution in [1.29, 1.82) is 0 Å². The number of nitrogens with zero attached hydrogens (tertiary/aromatic N) is 2. The van der Waals surface area contributed by atoms with Crippen molar-refractivity contribution in [1.82, 2.24) is 9.88 Å². The molecule has 2 aromatic rings. The molecule has 1 aromatic carbocycles. The van der Waals surface area contributed by atoms with Crippen LogP contribution in [0.15, 0.2) is 30.5 Å². The summed E-state index contributed by atoms with van der Waals surface area (Å²) in [7, 11) is 0. The maximum Gasteiger partial charge on any atom is 0.132 e. The lowest BCUT2D eigenvalue weighted by Gasteiger charge is -2.35.